The molecule has 0 aliphatic rings. The molecule has 0 saturated carbocycles. The van der Waals surface area contributed by atoms with Crippen molar-refractivity contribution in [1.82, 2.24) is 4.98 Å². The minimum atomic E-state index is -0.797. The lowest BCUT2D eigenvalue weighted by molar-refractivity contribution is -0.138. The summed E-state index contributed by atoms with van der Waals surface area (Å²) < 4.78 is 0. The Morgan fingerprint density at radius 3 is 2.55 bits per heavy atom. The van der Waals surface area contributed by atoms with E-state index >= 15 is 0 Å². The fourth-order valence-corrected chi connectivity index (χ4v) is 2.05. The number of aromatic nitrogens is 1. The van der Waals surface area contributed by atoms with E-state index in [1.807, 2.05) is 0 Å². The predicted molar refractivity (Wildman–Crippen MR) is 76.4 cm³/mol. The summed E-state index contributed by atoms with van der Waals surface area (Å²) in [5.74, 6) is -0.229. The van der Waals surface area contributed by atoms with Gasteiger partial charge in [-0.05, 0) is 30.4 Å². The van der Waals surface area contributed by atoms with Gasteiger partial charge in [0.2, 0.25) is 5.91 Å². The number of amides is 1. The van der Waals surface area contributed by atoms with E-state index in [1.165, 1.54) is 6.20 Å². The third kappa shape index (κ3) is 5.69. The van der Waals surface area contributed by atoms with E-state index in [2.05, 4.69) is 24.1 Å². The molecule has 4 N–H and O–H groups in total. The smallest absolute Gasteiger partial charge is 0.303 e. The zero-order valence-electron chi connectivity index (χ0n) is 11.8. The van der Waals surface area contributed by atoms with Crippen LogP contribution >= 0.6 is 0 Å². The van der Waals surface area contributed by atoms with Crippen molar-refractivity contribution in [2.24, 2.45) is 17.6 Å². The van der Waals surface area contributed by atoms with Crippen LogP contribution in [0.1, 0.15) is 37.0 Å². The molecule has 1 aromatic rings. The van der Waals surface area contributed by atoms with Crippen LogP contribution in [0.25, 0.3) is 0 Å². The molecule has 0 fully saturated rings. The molecule has 0 aromatic carbocycles. The molecule has 110 valence electrons. The van der Waals surface area contributed by atoms with Crippen molar-refractivity contribution in [3.63, 3.8) is 0 Å². The lowest BCUT2D eigenvalue weighted by atomic mass is 9.94. The fourth-order valence-electron chi connectivity index (χ4n) is 2.05. The summed E-state index contributed by atoms with van der Waals surface area (Å²) in [4.78, 5) is 25.8. The van der Waals surface area contributed by atoms with Crippen LogP contribution in [0.5, 0.6) is 0 Å². The van der Waals surface area contributed by atoms with Crippen molar-refractivity contribution in [1.29, 1.82) is 0 Å². The minimum Gasteiger partial charge on any atom is -0.481 e. The van der Waals surface area contributed by atoms with Gasteiger partial charge in [-0.2, -0.15) is 0 Å². The monoisotopic (exact) mass is 279 g/mol. The summed E-state index contributed by atoms with van der Waals surface area (Å²) in [6, 6.07) is 3.25. The lowest BCUT2D eigenvalue weighted by Gasteiger charge is -2.18. The zero-order chi connectivity index (χ0) is 15.1. The van der Waals surface area contributed by atoms with Gasteiger partial charge in [-0.15, -0.1) is 0 Å². The van der Waals surface area contributed by atoms with Crippen LogP contribution in [0.2, 0.25) is 0 Å². The van der Waals surface area contributed by atoms with Gasteiger partial charge < -0.3 is 16.2 Å². The maximum absolute atomic E-state index is 10.9. The molecule has 0 spiro atoms. The Labute approximate surface area is 118 Å². The second-order valence-electron chi connectivity index (χ2n) is 5.27. The van der Waals surface area contributed by atoms with E-state index < -0.39 is 11.9 Å². The summed E-state index contributed by atoms with van der Waals surface area (Å²) in [6.07, 6.45) is 2.36. The number of carboxylic acid groups (broad SMARTS) is 1. The minimum absolute atomic E-state index is 0.0464. The van der Waals surface area contributed by atoms with Gasteiger partial charge >= 0.3 is 5.97 Å². The highest BCUT2D eigenvalue weighted by Gasteiger charge is 2.15. The molecule has 1 atom stereocenters. The standard InChI is InChI=1S/C14H21N3O3/c1-9(2)5-10(6-13(18)19)7-16-12-4-3-11(8-17-12)14(15)20/h3-4,8-10H,5-7H2,1-2H3,(H2,15,20)(H,16,17)(H,18,19). The molecular formula is C14H21N3O3. The zero-order valence-corrected chi connectivity index (χ0v) is 11.8. The summed E-state index contributed by atoms with van der Waals surface area (Å²) in [5.41, 5.74) is 5.48. The molecule has 6 heteroatoms. The SMILES string of the molecule is CC(C)CC(CNc1ccc(C(N)=O)cn1)CC(=O)O. The summed E-state index contributed by atoms with van der Waals surface area (Å²) in [5, 5.41) is 12.0. The number of primary amides is 1. The van der Waals surface area contributed by atoms with E-state index in [9.17, 15) is 9.59 Å². The van der Waals surface area contributed by atoms with E-state index in [1.54, 1.807) is 12.1 Å². The van der Waals surface area contributed by atoms with Crippen LogP contribution in [0, 0.1) is 11.8 Å². The molecule has 20 heavy (non-hydrogen) atoms. The molecule has 1 heterocycles. The molecule has 1 aromatic heterocycles. The van der Waals surface area contributed by atoms with Crippen molar-refractivity contribution in [2.45, 2.75) is 26.7 Å². The number of hydrogen-bond donors (Lipinski definition) is 3. The maximum atomic E-state index is 10.9. The second kappa shape index (κ2) is 7.47. The molecule has 1 amide bonds. The molecule has 1 rings (SSSR count). The normalized spacial score (nSPS) is 12.2. The number of carbonyl (C=O) groups is 2. The highest BCUT2D eigenvalue weighted by atomic mass is 16.4. The number of carbonyl (C=O) groups excluding carboxylic acids is 1. The number of nitrogens with one attached hydrogen (secondary N) is 1. The maximum Gasteiger partial charge on any atom is 0.303 e. The summed E-state index contributed by atoms with van der Waals surface area (Å²) in [7, 11) is 0. The van der Waals surface area contributed by atoms with Crippen molar-refractivity contribution in [3.8, 4) is 0 Å². The van der Waals surface area contributed by atoms with Crippen LogP contribution in [-0.2, 0) is 4.79 Å². The van der Waals surface area contributed by atoms with Crippen LogP contribution < -0.4 is 11.1 Å². The Bertz CT molecular complexity index is 457. The van der Waals surface area contributed by atoms with Gasteiger partial charge in [-0.3, -0.25) is 9.59 Å². The number of nitrogens with two attached hydrogens (primary N) is 1. The van der Waals surface area contributed by atoms with Crippen molar-refractivity contribution < 1.29 is 14.7 Å². The van der Waals surface area contributed by atoms with Crippen LogP contribution in [0.15, 0.2) is 18.3 Å². The van der Waals surface area contributed by atoms with E-state index in [0.717, 1.165) is 6.42 Å². The number of rotatable bonds is 8. The molecule has 0 radical (unpaired) electrons. The van der Waals surface area contributed by atoms with Gasteiger partial charge in [0.1, 0.15) is 5.82 Å². The van der Waals surface area contributed by atoms with Crippen molar-refractivity contribution in [3.05, 3.63) is 23.9 Å². The van der Waals surface area contributed by atoms with Crippen LogP contribution in [-0.4, -0.2) is 28.5 Å². The van der Waals surface area contributed by atoms with Crippen molar-refractivity contribution >= 4 is 17.7 Å². The molecule has 0 aliphatic carbocycles. The van der Waals surface area contributed by atoms with Crippen molar-refractivity contribution in [2.75, 3.05) is 11.9 Å². The quantitative estimate of drug-likeness (QED) is 0.672. The van der Waals surface area contributed by atoms with Crippen LogP contribution in [0.3, 0.4) is 0 Å². The Morgan fingerprint density at radius 1 is 1.40 bits per heavy atom. The van der Waals surface area contributed by atoms with Gasteiger partial charge in [0, 0.05) is 19.2 Å². The predicted octanol–water partition coefficient (Wildman–Crippen LogP) is 1.73. The third-order valence-electron chi connectivity index (χ3n) is 2.89. The number of hydrogen-bond acceptors (Lipinski definition) is 4. The first-order valence-corrected chi connectivity index (χ1v) is 6.60. The Kier molecular flexibility index (Phi) is 5.96. The number of anilines is 1. The average Bonchev–Trinajstić information content (AvgIpc) is 2.35. The average molecular weight is 279 g/mol. The van der Waals surface area contributed by atoms with Gasteiger partial charge in [-0.25, -0.2) is 4.98 Å². The number of aliphatic carboxylic acids is 1. The number of carboxylic acids is 1. The van der Waals surface area contributed by atoms with Crippen LogP contribution in [0.4, 0.5) is 5.82 Å². The number of nitrogens with zero attached hydrogens (tertiary/aromatic N) is 1. The van der Waals surface area contributed by atoms with Gasteiger partial charge in [0.05, 0.1) is 5.56 Å². The molecular weight excluding hydrogens is 258 g/mol. The van der Waals surface area contributed by atoms with E-state index in [0.29, 0.717) is 23.8 Å². The van der Waals surface area contributed by atoms with Gasteiger partial charge in [0.15, 0.2) is 0 Å². The molecule has 6 nitrogen and oxygen atoms in total. The first-order chi connectivity index (χ1) is 9.38. The highest BCUT2D eigenvalue weighted by Crippen LogP contribution is 2.16. The molecule has 0 saturated heterocycles. The first kappa shape index (κ1) is 15.9. The van der Waals surface area contributed by atoms with Gasteiger partial charge in [0.25, 0.3) is 0 Å². The Morgan fingerprint density at radius 2 is 2.10 bits per heavy atom. The lowest BCUT2D eigenvalue weighted by Crippen LogP contribution is -2.20. The highest BCUT2D eigenvalue weighted by molar-refractivity contribution is 5.92. The summed E-state index contributed by atoms with van der Waals surface area (Å²) >= 11 is 0. The molecule has 0 bridgehead atoms. The molecule has 0 aliphatic heterocycles. The first-order valence-electron chi connectivity index (χ1n) is 6.60. The largest absolute Gasteiger partial charge is 0.481 e. The number of pyridine rings is 1. The topological polar surface area (TPSA) is 105 Å². The summed E-state index contributed by atoms with van der Waals surface area (Å²) in [6.45, 7) is 4.66. The van der Waals surface area contributed by atoms with E-state index in [4.69, 9.17) is 10.8 Å². The van der Waals surface area contributed by atoms with E-state index in [-0.39, 0.29) is 12.3 Å². The molecule has 1 unspecified atom stereocenters. The third-order valence-corrected chi connectivity index (χ3v) is 2.89. The Balaban J connectivity index is 2.57. The fraction of sp³-hybridized carbons (Fsp3) is 0.500. The second-order valence-corrected chi connectivity index (χ2v) is 5.27. The Hall–Kier alpha value is -2.11. The van der Waals surface area contributed by atoms with Gasteiger partial charge in [-0.1, -0.05) is 13.8 Å².